The first kappa shape index (κ1) is 11.5. The van der Waals surface area contributed by atoms with Crippen molar-refractivity contribution in [3.8, 4) is 5.75 Å². The van der Waals surface area contributed by atoms with Crippen LogP contribution in [0, 0.1) is 0 Å². The molecule has 2 aromatic carbocycles. The van der Waals surface area contributed by atoms with Gasteiger partial charge in [0.2, 0.25) is 5.78 Å². The van der Waals surface area contributed by atoms with E-state index in [1.165, 1.54) is 0 Å². The zero-order chi connectivity index (χ0) is 13.2. The molecule has 0 aliphatic rings. The number of H-pyrrole nitrogens is 1. The van der Waals surface area contributed by atoms with Gasteiger partial charge in [-0.2, -0.15) is 0 Å². The molecular weight excluding hydrogens is 238 g/mol. The summed E-state index contributed by atoms with van der Waals surface area (Å²) in [5.41, 5.74) is 2.18. The number of methoxy groups -OCH3 is 1. The van der Waals surface area contributed by atoms with E-state index in [1.807, 2.05) is 42.5 Å². The van der Waals surface area contributed by atoms with Gasteiger partial charge in [-0.1, -0.05) is 30.3 Å². The number of ketones is 1. The summed E-state index contributed by atoms with van der Waals surface area (Å²) >= 11 is 0. The number of aromatic amines is 1. The van der Waals surface area contributed by atoms with Crippen LogP contribution in [0.1, 0.15) is 16.1 Å². The number of aromatic nitrogens is 1. The number of hydrogen-bond donors (Lipinski definition) is 1. The minimum atomic E-state index is -0.0323. The molecule has 0 saturated heterocycles. The number of nitrogens with one attached hydrogen (secondary N) is 1. The first-order valence-corrected chi connectivity index (χ1v) is 6.04. The topological polar surface area (TPSA) is 42.1 Å². The Labute approximate surface area is 110 Å². The highest BCUT2D eigenvalue weighted by Gasteiger charge is 2.12. The normalized spacial score (nSPS) is 10.6. The fraction of sp³-hybridized carbons (Fsp3) is 0.0625. The van der Waals surface area contributed by atoms with Crippen molar-refractivity contribution in [2.24, 2.45) is 0 Å². The Morgan fingerprint density at radius 2 is 1.89 bits per heavy atom. The van der Waals surface area contributed by atoms with Crippen LogP contribution in [0.2, 0.25) is 0 Å². The SMILES string of the molecule is COc1cccc(C(=O)c2cc3ccccc3[nH]2)c1. The van der Waals surface area contributed by atoms with E-state index in [4.69, 9.17) is 4.74 Å². The molecule has 1 N–H and O–H groups in total. The molecule has 3 heteroatoms. The maximum absolute atomic E-state index is 12.4. The van der Waals surface area contributed by atoms with Crippen LogP contribution in [-0.2, 0) is 0 Å². The number of ether oxygens (including phenoxy) is 1. The molecule has 0 aliphatic carbocycles. The number of para-hydroxylation sites is 1. The summed E-state index contributed by atoms with van der Waals surface area (Å²) in [6, 6.07) is 16.9. The Balaban J connectivity index is 2.02. The predicted molar refractivity (Wildman–Crippen MR) is 74.7 cm³/mol. The second-order valence-electron chi connectivity index (χ2n) is 4.33. The van der Waals surface area contributed by atoms with Gasteiger partial charge in [-0.15, -0.1) is 0 Å². The Morgan fingerprint density at radius 1 is 1.05 bits per heavy atom. The van der Waals surface area contributed by atoms with Crippen molar-refractivity contribution in [1.29, 1.82) is 0 Å². The van der Waals surface area contributed by atoms with Gasteiger partial charge in [-0.25, -0.2) is 0 Å². The lowest BCUT2D eigenvalue weighted by Crippen LogP contribution is -2.01. The third-order valence-electron chi connectivity index (χ3n) is 3.11. The highest BCUT2D eigenvalue weighted by atomic mass is 16.5. The van der Waals surface area contributed by atoms with E-state index in [-0.39, 0.29) is 5.78 Å². The summed E-state index contributed by atoms with van der Waals surface area (Å²) in [7, 11) is 1.59. The fourth-order valence-corrected chi connectivity index (χ4v) is 2.12. The molecule has 19 heavy (non-hydrogen) atoms. The van der Waals surface area contributed by atoms with Crippen molar-refractivity contribution in [3.05, 3.63) is 65.9 Å². The number of benzene rings is 2. The van der Waals surface area contributed by atoms with Crippen molar-refractivity contribution < 1.29 is 9.53 Å². The van der Waals surface area contributed by atoms with Crippen LogP contribution in [0.15, 0.2) is 54.6 Å². The summed E-state index contributed by atoms with van der Waals surface area (Å²) in [6.45, 7) is 0. The van der Waals surface area contributed by atoms with E-state index in [0.29, 0.717) is 17.0 Å². The molecule has 94 valence electrons. The quantitative estimate of drug-likeness (QED) is 0.725. The molecule has 0 amide bonds. The molecule has 0 spiro atoms. The number of hydrogen-bond acceptors (Lipinski definition) is 2. The van der Waals surface area contributed by atoms with Crippen molar-refractivity contribution in [2.45, 2.75) is 0 Å². The van der Waals surface area contributed by atoms with Gasteiger partial charge in [0.1, 0.15) is 5.75 Å². The van der Waals surface area contributed by atoms with Crippen LogP contribution in [0.4, 0.5) is 0 Å². The first-order valence-electron chi connectivity index (χ1n) is 6.04. The summed E-state index contributed by atoms with van der Waals surface area (Å²) in [5.74, 6) is 0.650. The number of carbonyl (C=O) groups is 1. The molecule has 3 aromatic rings. The van der Waals surface area contributed by atoms with E-state index in [1.54, 1.807) is 19.2 Å². The van der Waals surface area contributed by atoms with Crippen LogP contribution < -0.4 is 4.74 Å². The van der Waals surface area contributed by atoms with Crippen molar-refractivity contribution in [3.63, 3.8) is 0 Å². The third-order valence-corrected chi connectivity index (χ3v) is 3.11. The monoisotopic (exact) mass is 251 g/mol. The molecule has 0 fully saturated rings. The van der Waals surface area contributed by atoms with E-state index in [9.17, 15) is 4.79 Å². The van der Waals surface area contributed by atoms with E-state index in [2.05, 4.69) is 4.98 Å². The summed E-state index contributed by atoms with van der Waals surface area (Å²) in [4.78, 5) is 15.5. The van der Waals surface area contributed by atoms with Crippen LogP contribution in [0.5, 0.6) is 5.75 Å². The summed E-state index contributed by atoms with van der Waals surface area (Å²) in [5, 5.41) is 1.04. The fourth-order valence-electron chi connectivity index (χ4n) is 2.12. The molecular formula is C16H13NO2. The largest absolute Gasteiger partial charge is 0.497 e. The minimum absolute atomic E-state index is 0.0323. The standard InChI is InChI=1S/C16H13NO2/c1-19-13-7-4-6-12(9-13)16(18)15-10-11-5-2-3-8-14(11)17-15/h2-10,17H,1H3. The molecule has 0 aliphatic heterocycles. The Bertz CT molecular complexity index is 710. The van der Waals surface area contributed by atoms with Gasteiger partial charge in [-0.3, -0.25) is 4.79 Å². The predicted octanol–water partition coefficient (Wildman–Crippen LogP) is 3.41. The highest BCUT2D eigenvalue weighted by molar-refractivity contribution is 6.10. The van der Waals surface area contributed by atoms with Crippen LogP contribution in [-0.4, -0.2) is 17.9 Å². The van der Waals surface area contributed by atoms with Gasteiger partial charge in [0, 0.05) is 16.5 Å². The highest BCUT2D eigenvalue weighted by Crippen LogP contribution is 2.19. The van der Waals surface area contributed by atoms with Gasteiger partial charge in [0.05, 0.1) is 12.8 Å². The van der Waals surface area contributed by atoms with E-state index < -0.39 is 0 Å². The molecule has 1 aromatic heterocycles. The van der Waals surface area contributed by atoms with Gasteiger partial charge in [0.15, 0.2) is 0 Å². The van der Waals surface area contributed by atoms with Gasteiger partial charge in [0.25, 0.3) is 0 Å². The average molecular weight is 251 g/mol. The molecule has 1 heterocycles. The lowest BCUT2D eigenvalue weighted by atomic mass is 10.1. The first-order chi connectivity index (χ1) is 9.28. The van der Waals surface area contributed by atoms with E-state index >= 15 is 0 Å². The molecule has 0 bridgehead atoms. The lowest BCUT2D eigenvalue weighted by molar-refractivity contribution is 0.103. The molecule has 0 atom stereocenters. The number of rotatable bonds is 3. The number of carbonyl (C=O) groups excluding carboxylic acids is 1. The van der Waals surface area contributed by atoms with Gasteiger partial charge < -0.3 is 9.72 Å². The molecule has 0 unspecified atom stereocenters. The maximum Gasteiger partial charge on any atom is 0.209 e. The zero-order valence-corrected chi connectivity index (χ0v) is 10.5. The van der Waals surface area contributed by atoms with Gasteiger partial charge in [-0.05, 0) is 24.3 Å². The second-order valence-corrected chi connectivity index (χ2v) is 4.33. The summed E-state index contributed by atoms with van der Waals surface area (Å²) < 4.78 is 5.14. The second kappa shape index (κ2) is 4.61. The lowest BCUT2D eigenvalue weighted by Gasteiger charge is -2.02. The van der Waals surface area contributed by atoms with Crippen LogP contribution in [0.25, 0.3) is 10.9 Å². The van der Waals surface area contributed by atoms with E-state index in [0.717, 1.165) is 10.9 Å². The molecule has 3 nitrogen and oxygen atoms in total. The number of fused-ring (bicyclic) bond motifs is 1. The van der Waals surface area contributed by atoms with Crippen molar-refractivity contribution in [2.75, 3.05) is 7.11 Å². The minimum Gasteiger partial charge on any atom is -0.497 e. The maximum atomic E-state index is 12.4. The zero-order valence-electron chi connectivity index (χ0n) is 10.5. The van der Waals surface area contributed by atoms with Crippen molar-refractivity contribution >= 4 is 16.7 Å². The average Bonchev–Trinajstić information content (AvgIpc) is 2.90. The van der Waals surface area contributed by atoms with Crippen LogP contribution in [0.3, 0.4) is 0 Å². The van der Waals surface area contributed by atoms with Gasteiger partial charge >= 0.3 is 0 Å². The third kappa shape index (κ3) is 2.10. The molecule has 0 saturated carbocycles. The molecule has 0 radical (unpaired) electrons. The smallest absolute Gasteiger partial charge is 0.209 e. The van der Waals surface area contributed by atoms with Crippen LogP contribution >= 0.6 is 0 Å². The Hall–Kier alpha value is -2.55. The van der Waals surface area contributed by atoms with Crippen molar-refractivity contribution in [1.82, 2.24) is 4.98 Å². The molecule has 3 rings (SSSR count). The Kier molecular flexibility index (Phi) is 2.80. The Morgan fingerprint density at radius 3 is 2.68 bits per heavy atom. The summed E-state index contributed by atoms with van der Waals surface area (Å²) in [6.07, 6.45) is 0.